The summed E-state index contributed by atoms with van der Waals surface area (Å²) in [6, 6.07) is 3.68. The predicted molar refractivity (Wildman–Crippen MR) is 77.8 cm³/mol. The predicted octanol–water partition coefficient (Wildman–Crippen LogP) is 1.77. The van der Waals surface area contributed by atoms with E-state index in [1.807, 2.05) is 24.4 Å². The van der Waals surface area contributed by atoms with E-state index in [1.165, 1.54) is 15.6 Å². The van der Waals surface area contributed by atoms with Crippen molar-refractivity contribution in [3.63, 3.8) is 0 Å². The van der Waals surface area contributed by atoms with Crippen LogP contribution < -0.4 is 0 Å². The van der Waals surface area contributed by atoms with Crippen LogP contribution >= 0.6 is 11.3 Å². The smallest absolute Gasteiger partial charge is 0.340 e. The van der Waals surface area contributed by atoms with E-state index in [-0.39, 0.29) is 17.1 Å². The van der Waals surface area contributed by atoms with Gasteiger partial charge in [-0.3, -0.25) is 5.10 Å². The van der Waals surface area contributed by atoms with Crippen molar-refractivity contribution in [2.24, 2.45) is 0 Å². The highest BCUT2D eigenvalue weighted by molar-refractivity contribution is 7.89. The lowest BCUT2D eigenvalue weighted by Gasteiger charge is -2.20. The standard InChI is InChI=1S/C12H15N3O4S2/c1-2-5-15(8-9-4-3-6-20-9)21(18,19)11-10(12(16)17)7-13-14-11/h3-4,6-7H,2,5,8H2,1H3,(H,13,14)(H,16,17). The Hall–Kier alpha value is -1.71. The Labute approximate surface area is 126 Å². The minimum atomic E-state index is -3.93. The number of nitrogens with zero attached hydrogens (tertiary/aromatic N) is 2. The quantitative estimate of drug-likeness (QED) is 0.806. The van der Waals surface area contributed by atoms with Crippen LogP contribution in [0.1, 0.15) is 28.6 Å². The van der Waals surface area contributed by atoms with Gasteiger partial charge < -0.3 is 5.11 Å². The molecule has 0 atom stereocenters. The van der Waals surface area contributed by atoms with Gasteiger partial charge in [-0.25, -0.2) is 13.2 Å². The minimum absolute atomic E-state index is 0.214. The van der Waals surface area contributed by atoms with Gasteiger partial charge in [0, 0.05) is 18.0 Å². The van der Waals surface area contributed by atoms with E-state index in [0.717, 1.165) is 11.1 Å². The van der Waals surface area contributed by atoms with Gasteiger partial charge in [0.2, 0.25) is 0 Å². The molecule has 21 heavy (non-hydrogen) atoms. The summed E-state index contributed by atoms with van der Waals surface area (Å²) in [6.45, 7) is 2.38. The molecule has 0 radical (unpaired) electrons. The van der Waals surface area contributed by atoms with Gasteiger partial charge in [0.15, 0.2) is 5.03 Å². The zero-order valence-corrected chi connectivity index (χ0v) is 12.9. The molecular weight excluding hydrogens is 314 g/mol. The molecule has 0 aliphatic carbocycles. The molecule has 0 aliphatic heterocycles. The Kier molecular flexibility index (Phi) is 4.76. The number of carbonyl (C=O) groups is 1. The molecule has 0 saturated carbocycles. The lowest BCUT2D eigenvalue weighted by molar-refractivity contribution is 0.0692. The summed E-state index contributed by atoms with van der Waals surface area (Å²) in [5, 5.41) is 16.4. The van der Waals surface area contributed by atoms with E-state index in [0.29, 0.717) is 13.0 Å². The number of thiophene rings is 1. The average molecular weight is 329 g/mol. The summed E-state index contributed by atoms with van der Waals surface area (Å²) in [5.74, 6) is -1.32. The van der Waals surface area contributed by atoms with E-state index < -0.39 is 16.0 Å². The van der Waals surface area contributed by atoms with Gasteiger partial charge in [-0.1, -0.05) is 13.0 Å². The van der Waals surface area contributed by atoms with Crippen LogP contribution in [0.15, 0.2) is 28.7 Å². The number of sulfonamides is 1. The van der Waals surface area contributed by atoms with Crippen LogP contribution in [-0.4, -0.2) is 40.5 Å². The Balaban J connectivity index is 2.37. The molecule has 2 aromatic rings. The molecule has 0 amide bonds. The van der Waals surface area contributed by atoms with E-state index in [2.05, 4.69) is 10.2 Å². The second kappa shape index (κ2) is 6.37. The fraction of sp³-hybridized carbons (Fsp3) is 0.333. The number of aromatic carboxylic acids is 1. The molecule has 0 spiro atoms. The Morgan fingerprint density at radius 1 is 1.52 bits per heavy atom. The van der Waals surface area contributed by atoms with E-state index >= 15 is 0 Å². The first-order chi connectivity index (χ1) is 9.96. The third kappa shape index (κ3) is 3.31. The van der Waals surface area contributed by atoms with Crippen LogP contribution in [0, 0.1) is 0 Å². The Morgan fingerprint density at radius 2 is 2.29 bits per heavy atom. The minimum Gasteiger partial charge on any atom is -0.478 e. The van der Waals surface area contributed by atoms with E-state index in [1.54, 1.807) is 0 Å². The van der Waals surface area contributed by atoms with Gasteiger partial charge >= 0.3 is 5.97 Å². The third-order valence-corrected chi connectivity index (χ3v) is 5.50. The van der Waals surface area contributed by atoms with Crippen molar-refractivity contribution in [1.29, 1.82) is 0 Å². The van der Waals surface area contributed by atoms with Gasteiger partial charge in [0.05, 0.1) is 6.20 Å². The van der Waals surface area contributed by atoms with Crippen LogP contribution in [0.25, 0.3) is 0 Å². The van der Waals surface area contributed by atoms with Gasteiger partial charge in [0.25, 0.3) is 10.0 Å². The average Bonchev–Trinajstić information content (AvgIpc) is 3.09. The van der Waals surface area contributed by atoms with Crippen molar-refractivity contribution in [2.75, 3.05) is 6.54 Å². The van der Waals surface area contributed by atoms with Crippen LogP contribution in [0.2, 0.25) is 0 Å². The second-order valence-corrected chi connectivity index (χ2v) is 7.24. The van der Waals surface area contributed by atoms with E-state index in [4.69, 9.17) is 5.11 Å². The van der Waals surface area contributed by atoms with Crippen molar-refractivity contribution in [2.45, 2.75) is 24.9 Å². The van der Waals surface area contributed by atoms with Crippen molar-refractivity contribution in [1.82, 2.24) is 14.5 Å². The number of hydrogen-bond acceptors (Lipinski definition) is 5. The molecule has 0 saturated heterocycles. The Morgan fingerprint density at radius 3 is 2.86 bits per heavy atom. The van der Waals surface area contributed by atoms with Gasteiger partial charge in [-0.2, -0.15) is 9.40 Å². The van der Waals surface area contributed by atoms with Crippen molar-refractivity contribution in [3.05, 3.63) is 34.2 Å². The van der Waals surface area contributed by atoms with Gasteiger partial charge in [0.1, 0.15) is 5.56 Å². The van der Waals surface area contributed by atoms with Crippen molar-refractivity contribution in [3.8, 4) is 0 Å². The molecule has 0 aromatic carbocycles. The first-order valence-electron chi connectivity index (χ1n) is 6.26. The lowest BCUT2D eigenvalue weighted by atomic mass is 10.4. The number of aromatic nitrogens is 2. The summed E-state index contributed by atoms with van der Waals surface area (Å²) in [7, 11) is -3.93. The Bertz CT molecular complexity index is 707. The first-order valence-corrected chi connectivity index (χ1v) is 8.58. The molecule has 0 unspecified atom stereocenters. The van der Waals surface area contributed by atoms with Crippen LogP contribution in [0.4, 0.5) is 0 Å². The lowest BCUT2D eigenvalue weighted by Crippen LogP contribution is -2.32. The topological polar surface area (TPSA) is 103 Å². The van der Waals surface area contributed by atoms with Crippen LogP contribution in [-0.2, 0) is 16.6 Å². The number of hydrogen-bond donors (Lipinski definition) is 2. The summed E-state index contributed by atoms with van der Waals surface area (Å²) >= 11 is 1.45. The molecule has 2 N–H and O–H groups in total. The number of carboxylic acid groups (broad SMARTS) is 1. The number of aromatic amines is 1. The highest BCUT2D eigenvalue weighted by atomic mass is 32.2. The highest BCUT2D eigenvalue weighted by Crippen LogP contribution is 2.21. The van der Waals surface area contributed by atoms with Gasteiger partial charge in [-0.15, -0.1) is 11.3 Å². The fourth-order valence-electron chi connectivity index (χ4n) is 1.86. The number of H-pyrrole nitrogens is 1. The number of nitrogens with one attached hydrogen (secondary N) is 1. The van der Waals surface area contributed by atoms with Crippen LogP contribution in [0.5, 0.6) is 0 Å². The summed E-state index contributed by atoms with van der Waals surface area (Å²) in [5.41, 5.74) is -0.345. The zero-order valence-electron chi connectivity index (χ0n) is 11.3. The van der Waals surface area contributed by atoms with Crippen LogP contribution in [0.3, 0.4) is 0 Å². The maximum absolute atomic E-state index is 12.6. The molecule has 0 fully saturated rings. The summed E-state index contributed by atoms with van der Waals surface area (Å²) in [4.78, 5) is 12.0. The van der Waals surface area contributed by atoms with Gasteiger partial charge in [-0.05, 0) is 17.9 Å². The maximum atomic E-state index is 12.6. The molecule has 114 valence electrons. The largest absolute Gasteiger partial charge is 0.478 e. The molecular formula is C12H15N3O4S2. The molecule has 9 heteroatoms. The molecule has 2 heterocycles. The summed E-state index contributed by atoms with van der Waals surface area (Å²) in [6.07, 6.45) is 1.63. The van der Waals surface area contributed by atoms with Crippen molar-refractivity contribution < 1.29 is 18.3 Å². The molecule has 0 aliphatic rings. The van der Waals surface area contributed by atoms with Crippen molar-refractivity contribution >= 4 is 27.3 Å². The highest BCUT2D eigenvalue weighted by Gasteiger charge is 2.30. The third-order valence-electron chi connectivity index (χ3n) is 2.82. The fourth-order valence-corrected chi connectivity index (χ4v) is 4.24. The molecule has 2 rings (SSSR count). The number of rotatable bonds is 7. The zero-order chi connectivity index (χ0) is 15.5. The van der Waals surface area contributed by atoms with E-state index in [9.17, 15) is 13.2 Å². The second-order valence-electron chi connectivity index (χ2n) is 4.34. The number of carboxylic acids is 1. The summed E-state index contributed by atoms with van der Waals surface area (Å²) < 4.78 is 26.5. The first kappa shape index (κ1) is 15.7. The maximum Gasteiger partial charge on any atom is 0.340 e. The molecule has 2 aromatic heterocycles. The SMILES string of the molecule is CCCN(Cc1cccs1)S(=O)(=O)c1[nH]ncc1C(=O)O. The molecule has 0 bridgehead atoms. The monoisotopic (exact) mass is 329 g/mol. The molecule has 7 nitrogen and oxygen atoms in total. The normalized spacial score (nSPS) is 11.9.